The van der Waals surface area contributed by atoms with Gasteiger partial charge in [-0.2, -0.15) is 0 Å². The largest absolute Gasteiger partial charge is 0.494 e. The number of benzene rings is 2. The van der Waals surface area contributed by atoms with Gasteiger partial charge in [-0.3, -0.25) is 4.99 Å². The third kappa shape index (κ3) is 7.31. The molecule has 3 aromatic rings. The highest BCUT2D eigenvalue weighted by Crippen LogP contribution is 2.36. The molecule has 1 heterocycles. The van der Waals surface area contributed by atoms with Crippen molar-refractivity contribution >= 4 is 17.3 Å². The van der Waals surface area contributed by atoms with E-state index in [9.17, 15) is 0 Å². The van der Waals surface area contributed by atoms with Gasteiger partial charge in [0.2, 0.25) is 0 Å². The van der Waals surface area contributed by atoms with Gasteiger partial charge in [0.1, 0.15) is 11.5 Å². The number of rotatable bonds is 12. The van der Waals surface area contributed by atoms with Gasteiger partial charge in [-0.25, -0.2) is 0 Å². The normalized spacial score (nSPS) is 10.6. The van der Waals surface area contributed by atoms with E-state index in [0.29, 0.717) is 19.8 Å². The van der Waals surface area contributed by atoms with Crippen molar-refractivity contribution in [3.63, 3.8) is 0 Å². The molecule has 0 bridgehead atoms. The van der Waals surface area contributed by atoms with Gasteiger partial charge in [-0.05, 0) is 67.5 Å². The number of nitrogens with two attached hydrogens (primary N) is 2. The lowest BCUT2D eigenvalue weighted by atomic mass is 10.1. The van der Waals surface area contributed by atoms with Gasteiger partial charge in [-0.15, -0.1) is 11.3 Å². The average molecular weight is 439 g/mol. The molecule has 2 aromatic carbocycles. The predicted octanol–water partition coefficient (Wildman–Crippen LogP) is 4.11. The van der Waals surface area contributed by atoms with Crippen LogP contribution in [0.1, 0.15) is 12.8 Å². The van der Waals surface area contributed by atoms with Crippen molar-refractivity contribution in [1.29, 1.82) is 0 Å². The predicted molar refractivity (Wildman–Crippen MR) is 130 cm³/mol. The first-order valence-electron chi connectivity index (χ1n) is 10.4. The molecule has 0 aliphatic rings. The molecular formula is C24H30N4O2S. The number of aliphatic imine (C=N–C) groups is 1. The van der Waals surface area contributed by atoms with Crippen LogP contribution < -0.4 is 26.3 Å². The Balaban J connectivity index is 1.62. The van der Waals surface area contributed by atoms with Gasteiger partial charge in [0, 0.05) is 22.7 Å². The third-order valence-electron chi connectivity index (χ3n) is 4.55. The molecule has 3 rings (SSSR count). The van der Waals surface area contributed by atoms with Crippen LogP contribution in [0.3, 0.4) is 0 Å². The Morgan fingerprint density at radius 2 is 1.45 bits per heavy atom. The molecule has 6 nitrogen and oxygen atoms in total. The third-order valence-corrected chi connectivity index (χ3v) is 5.73. The molecule has 1 aromatic heterocycles. The van der Waals surface area contributed by atoms with Crippen LogP contribution >= 0.6 is 11.3 Å². The number of nitrogens with zero attached hydrogens (tertiary/aromatic N) is 1. The molecule has 0 spiro atoms. The minimum atomic E-state index is 0.112. The Bertz CT molecular complexity index is 983. The molecule has 0 fully saturated rings. The number of guanidine groups is 1. The molecule has 0 radical (unpaired) electrons. The van der Waals surface area contributed by atoms with Gasteiger partial charge in [0.25, 0.3) is 0 Å². The second-order valence-electron chi connectivity index (χ2n) is 7.03. The van der Waals surface area contributed by atoms with E-state index in [2.05, 4.69) is 46.7 Å². The summed E-state index contributed by atoms with van der Waals surface area (Å²) in [4.78, 5) is 6.37. The Kier molecular flexibility index (Phi) is 8.75. The topological polar surface area (TPSA) is 94.9 Å². The van der Waals surface area contributed by atoms with E-state index in [-0.39, 0.29) is 5.96 Å². The maximum atomic E-state index is 5.87. The summed E-state index contributed by atoms with van der Waals surface area (Å²) in [5.41, 5.74) is 13.0. The summed E-state index contributed by atoms with van der Waals surface area (Å²) < 4.78 is 11.7. The summed E-state index contributed by atoms with van der Waals surface area (Å²) in [5, 5.41) is 3.13. The van der Waals surface area contributed by atoms with Gasteiger partial charge in [0.05, 0.1) is 13.2 Å². The van der Waals surface area contributed by atoms with Crippen LogP contribution in [0.5, 0.6) is 11.5 Å². The zero-order chi connectivity index (χ0) is 21.9. The second-order valence-corrected chi connectivity index (χ2v) is 8.12. The minimum absolute atomic E-state index is 0.112. The lowest BCUT2D eigenvalue weighted by Gasteiger charge is -2.07. The van der Waals surface area contributed by atoms with Gasteiger partial charge < -0.3 is 26.3 Å². The molecule has 7 heteroatoms. The van der Waals surface area contributed by atoms with Gasteiger partial charge in [-0.1, -0.05) is 24.3 Å². The Morgan fingerprint density at radius 3 is 2.00 bits per heavy atom. The molecule has 0 aliphatic heterocycles. The van der Waals surface area contributed by atoms with Gasteiger partial charge in [0.15, 0.2) is 5.96 Å². The second kappa shape index (κ2) is 12.0. The van der Waals surface area contributed by atoms with Crippen LogP contribution in [0, 0.1) is 0 Å². The summed E-state index contributed by atoms with van der Waals surface area (Å²) in [6.07, 6.45) is 1.75. The van der Waals surface area contributed by atoms with Gasteiger partial charge >= 0.3 is 0 Å². The van der Waals surface area contributed by atoms with E-state index >= 15 is 0 Å². The Morgan fingerprint density at radius 1 is 0.871 bits per heavy atom. The molecule has 0 aliphatic carbocycles. The molecule has 0 saturated heterocycles. The lowest BCUT2D eigenvalue weighted by Crippen LogP contribution is -2.23. The zero-order valence-corrected chi connectivity index (χ0v) is 18.7. The minimum Gasteiger partial charge on any atom is -0.494 e. The van der Waals surface area contributed by atoms with Crippen molar-refractivity contribution in [2.24, 2.45) is 16.5 Å². The van der Waals surface area contributed by atoms with E-state index in [1.165, 1.54) is 9.75 Å². The molecule has 5 N–H and O–H groups in total. The Hall–Kier alpha value is -3.03. The van der Waals surface area contributed by atoms with Crippen molar-refractivity contribution in [1.82, 2.24) is 5.32 Å². The maximum absolute atomic E-state index is 5.87. The molecule has 0 amide bonds. The van der Waals surface area contributed by atoms with Crippen molar-refractivity contribution in [2.75, 3.05) is 33.4 Å². The van der Waals surface area contributed by atoms with E-state index in [1.54, 1.807) is 11.3 Å². The molecule has 0 unspecified atom stereocenters. The SMILES string of the molecule is CNCCCOc1cccc(-c2ccc(-c3cccc(OCCCN=C(N)N)c3)s2)c1. The average Bonchev–Trinajstić information content (AvgIpc) is 3.27. The van der Waals surface area contributed by atoms with Crippen molar-refractivity contribution in [3.8, 4) is 32.4 Å². The fraction of sp³-hybridized carbons (Fsp3) is 0.292. The summed E-state index contributed by atoms with van der Waals surface area (Å²) in [7, 11) is 1.95. The molecular weight excluding hydrogens is 408 g/mol. The fourth-order valence-corrected chi connectivity index (χ4v) is 4.03. The van der Waals surface area contributed by atoms with E-state index in [0.717, 1.165) is 42.0 Å². The number of thiophene rings is 1. The van der Waals surface area contributed by atoms with Crippen LogP contribution in [0.2, 0.25) is 0 Å². The first kappa shape index (κ1) is 22.7. The standard InChI is InChI=1S/C24H30N4O2S/c1-27-12-4-14-29-20-8-2-6-18(16-20)22-10-11-23(31-22)19-7-3-9-21(17-19)30-15-5-13-28-24(25)26/h2-3,6-11,16-17,27H,4-5,12-15H2,1H3,(H4,25,26,28). The first-order chi connectivity index (χ1) is 15.2. The lowest BCUT2D eigenvalue weighted by molar-refractivity contribution is 0.310. The smallest absolute Gasteiger partial charge is 0.185 e. The summed E-state index contributed by atoms with van der Waals surface area (Å²) in [5.74, 6) is 1.86. The quantitative estimate of drug-likeness (QED) is 0.225. The molecule has 164 valence electrons. The van der Waals surface area contributed by atoms with E-state index in [4.69, 9.17) is 20.9 Å². The summed E-state index contributed by atoms with van der Waals surface area (Å²) in [6, 6.07) is 20.7. The van der Waals surface area contributed by atoms with Crippen LogP contribution in [0.4, 0.5) is 0 Å². The fourth-order valence-electron chi connectivity index (χ4n) is 3.03. The maximum Gasteiger partial charge on any atom is 0.185 e. The van der Waals surface area contributed by atoms with Crippen LogP contribution in [-0.2, 0) is 0 Å². The highest BCUT2D eigenvalue weighted by molar-refractivity contribution is 7.18. The number of hydrogen-bond donors (Lipinski definition) is 3. The molecule has 0 atom stereocenters. The van der Waals surface area contributed by atoms with Crippen LogP contribution in [0.25, 0.3) is 20.9 Å². The molecule has 0 saturated carbocycles. The zero-order valence-electron chi connectivity index (χ0n) is 17.8. The highest BCUT2D eigenvalue weighted by atomic mass is 32.1. The van der Waals surface area contributed by atoms with E-state index < -0.39 is 0 Å². The molecule has 31 heavy (non-hydrogen) atoms. The van der Waals surface area contributed by atoms with Crippen molar-refractivity contribution < 1.29 is 9.47 Å². The first-order valence-corrected chi connectivity index (χ1v) is 11.2. The van der Waals surface area contributed by atoms with E-state index in [1.807, 2.05) is 31.3 Å². The Labute approximate surface area is 187 Å². The number of nitrogens with one attached hydrogen (secondary N) is 1. The summed E-state index contributed by atoms with van der Waals surface area (Å²) >= 11 is 1.76. The highest BCUT2D eigenvalue weighted by Gasteiger charge is 2.07. The monoisotopic (exact) mass is 438 g/mol. The number of ether oxygens (including phenoxy) is 2. The van der Waals surface area contributed by atoms with Crippen LogP contribution in [0.15, 0.2) is 65.7 Å². The number of hydrogen-bond acceptors (Lipinski definition) is 5. The van der Waals surface area contributed by atoms with Crippen molar-refractivity contribution in [2.45, 2.75) is 12.8 Å². The van der Waals surface area contributed by atoms with Crippen LogP contribution in [-0.4, -0.2) is 39.3 Å². The summed E-state index contributed by atoms with van der Waals surface area (Å²) in [6.45, 7) is 2.79. The van der Waals surface area contributed by atoms with Crippen molar-refractivity contribution in [3.05, 3.63) is 60.7 Å².